The van der Waals surface area contributed by atoms with Gasteiger partial charge in [0.05, 0.1) is 16.8 Å². The number of nitrogens with one attached hydrogen (secondary N) is 1. The number of benzene rings is 2. The van der Waals surface area contributed by atoms with Crippen LogP contribution in [0.3, 0.4) is 0 Å². The van der Waals surface area contributed by atoms with Crippen LogP contribution in [-0.4, -0.2) is 42.6 Å². The Morgan fingerprint density at radius 2 is 1.84 bits per heavy atom. The van der Waals surface area contributed by atoms with Gasteiger partial charge >= 0.3 is 6.18 Å². The monoisotopic (exact) mass is 548 g/mol. The van der Waals surface area contributed by atoms with Crippen molar-refractivity contribution in [1.29, 1.82) is 0 Å². The molecule has 0 unspecified atom stereocenters. The fraction of sp³-hybridized carbons (Fsp3) is 0.240. The molecule has 0 bridgehead atoms. The number of oxazole rings is 1. The number of hydrogen-bond donors (Lipinski definition) is 1. The minimum absolute atomic E-state index is 0.0331. The zero-order valence-corrected chi connectivity index (χ0v) is 21.4. The number of aromatic nitrogens is 2. The van der Waals surface area contributed by atoms with E-state index in [9.17, 15) is 26.4 Å². The standard InChI is InChI=1S/C25H23F3N4O5S/c1-15-16(2)30-37-23(15)31-38(34,35)21-7-5-4-6-20(21)19-9-8-17(24-29-10-11-36-24)12-18(19)14-32(3)22(33)13-25(26,27)28/h4-12,31H,13-14H2,1-3H3. The van der Waals surface area contributed by atoms with Gasteiger partial charge in [0.2, 0.25) is 17.7 Å². The summed E-state index contributed by atoms with van der Waals surface area (Å²) in [5.74, 6) is -0.918. The minimum Gasteiger partial charge on any atom is -0.445 e. The maximum absolute atomic E-state index is 13.4. The molecule has 0 atom stereocenters. The predicted octanol–water partition coefficient (Wildman–Crippen LogP) is 5.33. The van der Waals surface area contributed by atoms with Crippen LogP contribution in [0.1, 0.15) is 23.2 Å². The molecule has 0 aliphatic heterocycles. The second-order valence-corrected chi connectivity index (χ2v) is 10.2. The molecule has 2 heterocycles. The van der Waals surface area contributed by atoms with Gasteiger partial charge in [0.25, 0.3) is 10.0 Å². The fourth-order valence-electron chi connectivity index (χ4n) is 3.75. The highest BCUT2D eigenvalue weighted by molar-refractivity contribution is 7.92. The summed E-state index contributed by atoms with van der Waals surface area (Å²) in [6.07, 6.45) is -3.49. The van der Waals surface area contributed by atoms with Crippen molar-refractivity contribution < 1.29 is 35.3 Å². The quantitative estimate of drug-likeness (QED) is 0.316. The van der Waals surface area contributed by atoms with E-state index in [4.69, 9.17) is 8.94 Å². The van der Waals surface area contributed by atoms with Crippen LogP contribution in [0.2, 0.25) is 0 Å². The largest absolute Gasteiger partial charge is 0.445 e. The lowest BCUT2D eigenvalue weighted by atomic mass is 9.96. The summed E-state index contributed by atoms with van der Waals surface area (Å²) in [6.45, 7) is 3.09. The second kappa shape index (κ2) is 10.3. The molecule has 0 saturated carbocycles. The number of aryl methyl sites for hydroxylation is 1. The number of carbonyl (C=O) groups excluding carboxylic acids is 1. The third-order valence-electron chi connectivity index (χ3n) is 5.82. The van der Waals surface area contributed by atoms with Gasteiger partial charge in [-0.1, -0.05) is 29.4 Å². The van der Waals surface area contributed by atoms with Crippen LogP contribution in [-0.2, 0) is 21.4 Å². The Balaban J connectivity index is 1.79. The molecule has 1 N–H and O–H groups in total. The summed E-state index contributed by atoms with van der Waals surface area (Å²) in [5.41, 5.74) is 2.57. The molecule has 0 aliphatic carbocycles. The minimum atomic E-state index is -4.67. The molecule has 1 amide bonds. The van der Waals surface area contributed by atoms with Gasteiger partial charge in [0, 0.05) is 30.3 Å². The highest BCUT2D eigenvalue weighted by Crippen LogP contribution is 2.35. The van der Waals surface area contributed by atoms with E-state index in [0.29, 0.717) is 27.9 Å². The number of alkyl halides is 3. The number of nitrogens with zero attached hydrogens (tertiary/aromatic N) is 3. The summed E-state index contributed by atoms with van der Waals surface area (Å²) in [4.78, 5) is 17.2. The molecule has 38 heavy (non-hydrogen) atoms. The van der Waals surface area contributed by atoms with E-state index in [1.807, 2.05) is 0 Å². The van der Waals surface area contributed by atoms with Gasteiger partial charge in [-0.2, -0.15) is 13.2 Å². The third-order valence-corrected chi connectivity index (χ3v) is 7.21. The first-order valence-corrected chi connectivity index (χ1v) is 12.7. The van der Waals surface area contributed by atoms with E-state index >= 15 is 0 Å². The normalized spacial score (nSPS) is 11.9. The van der Waals surface area contributed by atoms with Crippen LogP contribution in [0.25, 0.3) is 22.6 Å². The molecule has 0 aliphatic rings. The zero-order chi connectivity index (χ0) is 27.7. The van der Waals surface area contributed by atoms with Gasteiger partial charge in [0.15, 0.2) is 0 Å². The van der Waals surface area contributed by atoms with Crippen LogP contribution in [0.5, 0.6) is 0 Å². The van der Waals surface area contributed by atoms with Crippen molar-refractivity contribution in [3.8, 4) is 22.6 Å². The lowest BCUT2D eigenvalue weighted by molar-refractivity contribution is -0.160. The number of sulfonamides is 1. The van der Waals surface area contributed by atoms with E-state index < -0.39 is 28.5 Å². The first kappa shape index (κ1) is 26.9. The summed E-state index contributed by atoms with van der Waals surface area (Å²) in [6, 6.07) is 11.0. The van der Waals surface area contributed by atoms with Gasteiger partial charge in [-0.05, 0) is 43.2 Å². The van der Waals surface area contributed by atoms with E-state index in [-0.39, 0.29) is 28.8 Å². The number of anilines is 1. The lowest BCUT2D eigenvalue weighted by Gasteiger charge is -2.21. The van der Waals surface area contributed by atoms with E-state index in [0.717, 1.165) is 4.90 Å². The maximum Gasteiger partial charge on any atom is 0.397 e. The van der Waals surface area contributed by atoms with E-state index in [1.165, 1.54) is 31.6 Å². The molecule has 9 nitrogen and oxygen atoms in total. The summed E-state index contributed by atoms with van der Waals surface area (Å²) in [5, 5.41) is 3.76. The van der Waals surface area contributed by atoms with Gasteiger partial charge in [-0.25, -0.2) is 18.1 Å². The first-order chi connectivity index (χ1) is 17.9. The molecular formula is C25H23F3N4O5S. The van der Waals surface area contributed by atoms with Crippen LogP contribution in [0.4, 0.5) is 19.1 Å². The van der Waals surface area contributed by atoms with Gasteiger partial charge in [-0.15, -0.1) is 0 Å². The van der Waals surface area contributed by atoms with Gasteiger partial charge < -0.3 is 13.8 Å². The number of amides is 1. The van der Waals surface area contributed by atoms with Crippen molar-refractivity contribution in [2.75, 3.05) is 11.8 Å². The molecule has 200 valence electrons. The Morgan fingerprint density at radius 3 is 2.47 bits per heavy atom. The predicted molar refractivity (Wildman–Crippen MR) is 131 cm³/mol. The lowest BCUT2D eigenvalue weighted by Crippen LogP contribution is -2.30. The summed E-state index contributed by atoms with van der Waals surface area (Å²) in [7, 11) is -2.94. The van der Waals surface area contributed by atoms with Crippen molar-refractivity contribution in [3.05, 3.63) is 71.7 Å². The topological polar surface area (TPSA) is 119 Å². The second-order valence-electron chi connectivity index (χ2n) is 8.57. The van der Waals surface area contributed by atoms with Crippen LogP contribution in [0, 0.1) is 13.8 Å². The molecule has 4 aromatic rings. The number of hydrogen-bond acceptors (Lipinski definition) is 7. The Bertz CT molecular complexity index is 1560. The number of halogens is 3. The zero-order valence-electron chi connectivity index (χ0n) is 20.5. The van der Waals surface area contributed by atoms with Crippen molar-refractivity contribution in [2.45, 2.75) is 37.9 Å². The third kappa shape index (κ3) is 5.88. The van der Waals surface area contributed by atoms with Crippen molar-refractivity contribution >= 4 is 21.8 Å². The highest BCUT2D eigenvalue weighted by atomic mass is 32.2. The Kier molecular flexibility index (Phi) is 7.31. The summed E-state index contributed by atoms with van der Waals surface area (Å²) >= 11 is 0. The van der Waals surface area contributed by atoms with Gasteiger partial charge in [-0.3, -0.25) is 4.79 Å². The number of carbonyl (C=O) groups is 1. The molecule has 0 spiro atoms. The smallest absolute Gasteiger partial charge is 0.397 e. The average Bonchev–Trinajstić information content (AvgIpc) is 3.49. The molecule has 0 radical (unpaired) electrons. The van der Waals surface area contributed by atoms with Crippen LogP contribution in [0.15, 0.2) is 68.8 Å². The number of rotatable bonds is 8. The van der Waals surface area contributed by atoms with Crippen LogP contribution >= 0.6 is 0 Å². The highest BCUT2D eigenvalue weighted by Gasteiger charge is 2.33. The first-order valence-electron chi connectivity index (χ1n) is 11.2. The molecular weight excluding hydrogens is 525 g/mol. The Morgan fingerprint density at radius 1 is 1.11 bits per heavy atom. The molecule has 0 saturated heterocycles. The van der Waals surface area contributed by atoms with E-state index in [2.05, 4.69) is 14.9 Å². The fourth-order valence-corrected chi connectivity index (χ4v) is 5.02. The molecule has 13 heteroatoms. The van der Waals surface area contributed by atoms with Crippen molar-refractivity contribution in [1.82, 2.24) is 15.0 Å². The molecule has 2 aromatic carbocycles. The van der Waals surface area contributed by atoms with E-state index in [1.54, 1.807) is 44.2 Å². The average molecular weight is 549 g/mol. The Labute approximate surface area is 216 Å². The van der Waals surface area contributed by atoms with Crippen molar-refractivity contribution in [2.24, 2.45) is 0 Å². The maximum atomic E-state index is 13.4. The summed E-state index contributed by atoms with van der Waals surface area (Å²) < 4.78 is 78.1. The Hall–Kier alpha value is -4.13. The SMILES string of the molecule is Cc1noc(NS(=O)(=O)c2ccccc2-c2ccc(-c3ncco3)cc2CN(C)C(=O)CC(F)(F)F)c1C. The van der Waals surface area contributed by atoms with Gasteiger partial charge in [0.1, 0.15) is 12.7 Å². The van der Waals surface area contributed by atoms with Crippen molar-refractivity contribution in [3.63, 3.8) is 0 Å². The molecule has 4 rings (SSSR count). The molecule has 2 aromatic heterocycles. The molecule has 0 fully saturated rings. The van der Waals surface area contributed by atoms with Crippen LogP contribution < -0.4 is 4.72 Å².